The van der Waals surface area contributed by atoms with Crippen molar-refractivity contribution in [2.45, 2.75) is 19.1 Å². The summed E-state index contributed by atoms with van der Waals surface area (Å²) in [4.78, 5) is 2.27. The van der Waals surface area contributed by atoms with E-state index in [1.165, 1.54) is 17.7 Å². The SMILES string of the molecule is CN1CCC(Oc2ccc(F)cc2)c2ccc(-c3ccccc3C#N)cc2C1. The van der Waals surface area contributed by atoms with E-state index in [9.17, 15) is 9.65 Å². The lowest BCUT2D eigenvalue weighted by Gasteiger charge is -2.20. The van der Waals surface area contributed by atoms with Crippen LogP contribution < -0.4 is 4.74 Å². The number of hydrogen-bond acceptors (Lipinski definition) is 3. The van der Waals surface area contributed by atoms with Crippen molar-refractivity contribution in [2.24, 2.45) is 0 Å². The van der Waals surface area contributed by atoms with Gasteiger partial charge in [0, 0.05) is 19.5 Å². The molecule has 1 unspecified atom stereocenters. The highest BCUT2D eigenvalue weighted by atomic mass is 19.1. The fourth-order valence-corrected chi connectivity index (χ4v) is 3.72. The van der Waals surface area contributed by atoms with Gasteiger partial charge in [-0.1, -0.05) is 30.3 Å². The molecule has 0 fully saturated rings. The minimum Gasteiger partial charge on any atom is -0.486 e. The van der Waals surface area contributed by atoms with E-state index in [0.717, 1.165) is 36.2 Å². The third-order valence-electron chi connectivity index (χ3n) is 5.15. The second-order valence-corrected chi connectivity index (χ2v) is 7.16. The topological polar surface area (TPSA) is 36.3 Å². The monoisotopic (exact) mass is 372 g/mol. The third kappa shape index (κ3) is 3.76. The highest BCUT2D eigenvalue weighted by molar-refractivity contribution is 5.71. The summed E-state index contributed by atoms with van der Waals surface area (Å²) in [7, 11) is 2.10. The van der Waals surface area contributed by atoms with Crippen molar-refractivity contribution in [2.75, 3.05) is 13.6 Å². The van der Waals surface area contributed by atoms with Crippen molar-refractivity contribution in [1.82, 2.24) is 4.90 Å². The number of nitriles is 1. The van der Waals surface area contributed by atoms with Crippen LogP contribution in [0.2, 0.25) is 0 Å². The largest absolute Gasteiger partial charge is 0.486 e. The van der Waals surface area contributed by atoms with Crippen LogP contribution in [0.1, 0.15) is 29.2 Å². The Kier molecular flexibility index (Phi) is 5.10. The molecule has 0 saturated carbocycles. The maximum absolute atomic E-state index is 13.2. The highest BCUT2D eigenvalue weighted by Gasteiger charge is 2.23. The van der Waals surface area contributed by atoms with E-state index in [4.69, 9.17) is 4.74 Å². The van der Waals surface area contributed by atoms with Crippen LogP contribution in [0.5, 0.6) is 5.75 Å². The first-order valence-corrected chi connectivity index (χ1v) is 9.37. The molecule has 3 aromatic carbocycles. The highest BCUT2D eigenvalue weighted by Crippen LogP contribution is 2.34. The van der Waals surface area contributed by atoms with Crippen LogP contribution in [-0.4, -0.2) is 18.5 Å². The predicted octanol–water partition coefficient (Wildman–Crippen LogP) is 5.32. The summed E-state index contributed by atoms with van der Waals surface area (Å²) in [6.45, 7) is 1.73. The molecule has 0 N–H and O–H groups in total. The lowest BCUT2D eigenvalue weighted by Crippen LogP contribution is -2.18. The lowest BCUT2D eigenvalue weighted by molar-refractivity contribution is 0.182. The molecular weight excluding hydrogens is 351 g/mol. The maximum atomic E-state index is 13.2. The van der Waals surface area contributed by atoms with Crippen molar-refractivity contribution in [3.8, 4) is 22.9 Å². The van der Waals surface area contributed by atoms with Crippen LogP contribution in [0, 0.1) is 17.1 Å². The average Bonchev–Trinajstić information content (AvgIpc) is 2.87. The van der Waals surface area contributed by atoms with Gasteiger partial charge in [-0.3, -0.25) is 0 Å². The van der Waals surface area contributed by atoms with Gasteiger partial charge >= 0.3 is 0 Å². The zero-order chi connectivity index (χ0) is 19.5. The number of fused-ring (bicyclic) bond motifs is 1. The van der Waals surface area contributed by atoms with E-state index in [2.05, 4.69) is 36.2 Å². The molecule has 3 aromatic rings. The maximum Gasteiger partial charge on any atom is 0.125 e. The third-order valence-corrected chi connectivity index (χ3v) is 5.15. The molecule has 0 aromatic heterocycles. The van der Waals surface area contributed by atoms with Crippen LogP contribution >= 0.6 is 0 Å². The summed E-state index contributed by atoms with van der Waals surface area (Å²) in [6, 6.07) is 22.4. The molecule has 0 saturated heterocycles. The zero-order valence-electron chi connectivity index (χ0n) is 15.7. The molecule has 28 heavy (non-hydrogen) atoms. The zero-order valence-corrected chi connectivity index (χ0v) is 15.7. The summed E-state index contributed by atoms with van der Waals surface area (Å²) >= 11 is 0. The Morgan fingerprint density at radius 3 is 2.64 bits per heavy atom. The van der Waals surface area contributed by atoms with E-state index >= 15 is 0 Å². The minimum atomic E-state index is -0.269. The molecule has 0 bridgehead atoms. The Morgan fingerprint density at radius 2 is 1.86 bits per heavy atom. The van der Waals surface area contributed by atoms with Gasteiger partial charge in [0.15, 0.2) is 0 Å². The van der Waals surface area contributed by atoms with E-state index < -0.39 is 0 Å². The molecular formula is C24H21FN2O. The molecule has 140 valence electrons. The first-order chi connectivity index (χ1) is 13.6. The van der Waals surface area contributed by atoms with Gasteiger partial charge < -0.3 is 9.64 Å². The summed E-state index contributed by atoms with van der Waals surface area (Å²) in [6.07, 6.45) is 0.764. The van der Waals surface area contributed by atoms with E-state index in [-0.39, 0.29) is 11.9 Å². The second kappa shape index (κ2) is 7.84. The Labute approximate surface area is 164 Å². The standard InChI is InChI=1S/C24H21FN2O/c1-27-13-12-24(28-21-9-7-20(25)8-10-21)23-11-6-17(14-19(23)16-27)22-5-3-2-4-18(22)15-26/h2-11,14,24H,12-13,16H2,1H3. The summed E-state index contributed by atoms with van der Waals surface area (Å²) in [5.74, 6) is 0.398. The normalized spacial score (nSPS) is 16.7. The fraction of sp³-hybridized carbons (Fsp3) is 0.208. The molecule has 4 heteroatoms. The number of rotatable bonds is 3. The van der Waals surface area contributed by atoms with Crippen molar-refractivity contribution in [3.63, 3.8) is 0 Å². The van der Waals surface area contributed by atoms with Crippen molar-refractivity contribution in [1.29, 1.82) is 5.26 Å². The molecule has 1 aliphatic rings. The molecule has 4 rings (SSSR count). The Morgan fingerprint density at radius 1 is 1.07 bits per heavy atom. The molecule has 1 heterocycles. The van der Waals surface area contributed by atoms with Crippen LogP contribution in [0.3, 0.4) is 0 Å². The number of nitrogens with zero attached hydrogens (tertiary/aromatic N) is 2. The van der Waals surface area contributed by atoms with Gasteiger partial charge in [0.25, 0.3) is 0 Å². The molecule has 0 spiro atoms. The van der Waals surface area contributed by atoms with Crippen LogP contribution in [0.15, 0.2) is 66.7 Å². The fourth-order valence-electron chi connectivity index (χ4n) is 3.72. The summed E-state index contributed by atoms with van der Waals surface area (Å²) < 4.78 is 19.4. The molecule has 0 radical (unpaired) electrons. The van der Waals surface area contributed by atoms with E-state index in [0.29, 0.717) is 11.3 Å². The number of ether oxygens (including phenoxy) is 1. The van der Waals surface area contributed by atoms with Gasteiger partial charge in [-0.05, 0) is 65.7 Å². The smallest absolute Gasteiger partial charge is 0.125 e. The van der Waals surface area contributed by atoms with Gasteiger partial charge in [-0.15, -0.1) is 0 Å². The second-order valence-electron chi connectivity index (χ2n) is 7.16. The van der Waals surface area contributed by atoms with Gasteiger partial charge in [-0.2, -0.15) is 5.26 Å². The van der Waals surface area contributed by atoms with Gasteiger partial charge in [0.2, 0.25) is 0 Å². The van der Waals surface area contributed by atoms with Crippen molar-refractivity contribution in [3.05, 3.63) is 89.2 Å². The van der Waals surface area contributed by atoms with Crippen molar-refractivity contribution >= 4 is 0 Å². The number of benzene rings is 3. The molecule has 0 amide bonds. The summed E-state index contributed by atoms with van der Waals surface area (Å²) in [5.41, 5.74) is 4.98. The Hall–Kier alpha value is -3.16. The quantitative estimate of drug-likeness (QED) is 0.624. The van der Waals surface area contributed by atoms with E-state index in [1.807, 2.05) is 24.3 Å². The number of hydrogen-bond donors (Lipinski definition) is 0. The van der Waals surface area contributed by atoms with Crippen LogP contribution in [0.4, 0.5) is 4.39 Å². The Bertz CT molecular complexity index is 1020. The van der Waals surface area contributed by atoms with Crippen LogP contribution in [0.25, 0.3) is 11.1 Å². The van der Waals surface area contributed by atoms with Crippen LogP contribution in [-0.2, 0) is 6.54 Å². The van der Waals surface area contributed by atoms with Gasteiger partial charge in [0.05, 0.1) is 11.6 Å². The van der Waals surface area contributed by atoms with Gasteiger partial charge in [-0.25, -0.2) is 4.39 Å². The van der Waals surface area contributed by atoms with Gasteiger partial charge in [0.1, 0.15) is 17.7 Å². The first-order valence-electron chi connectivity index (χ1n) is 9.37. The van der Waals surface area contributed by atoms with E-state index in [1.54, 1.807) is 12.1 Å². The summed E-state index contributed by atoms with van der Waals surface area (Å²) in [5, 5.41) is 9.43. The average molecular weight is 372 g/mol. The lowest BCUT2D eigenvalue weighted by atomic mass is 9.94. The minimum absolute atomic E-state index is 0.0920. The molecule has 1 aliphatic heterocycles. The predicted molar refractivity (Wildman–Crippen MR) is 107 cm³/mol. The first kappa shape index (κ1) is 18.2. The molecule has 3 nitrogen and oxygen atoms in total. The Balaban J connectivity index is 1.71. The molecule has 1 atom stereocenters. The molecule has 0 aliphatic carbocycles. The number of halogens is 1. The van der Waals surface area contributed by atoms with Crippen molar-refractivity contribution < 1.29 is 9.13 Å².